The molecular weight excluding hydrogens is 614 g/mol. The second kappa shape index (κ2) is 15.6. The molecule has 7 N–H and O–H groups in total. The maximum Gasteiger partial charge on any atom is 0.255 e. The fourth-order valence-corrected chi connectivity index (χ4v) is 5.90. The predicted octanol–water partition coefficient (Wildman–Crippen LogP) is 1.92. The average molecular weight is 658 g/mol. The van der Waals surface area contributed by atoms with Gasteiger partial charge in [0.2, 0.25) is 11.8 Å². The Morgan fingerprint density at radius 1 is 1.04 bits per heavy atom. The van der Waals surface area contributed by atoms with Crippen molar-refractivity contribution in [3.05, 3.63) is 77.0 Å². The molecule has 5 rings (SSSR count). The highest BCUT2D eigenvalue weighted by molar-refractivity contribution is 6.04. The molecule has 0 spiro atoms. The number of hydrogen-bond acceptors (Lipinski definition) is 10. The van der Waals surface area contributed by atoms with Crippen molar-refractivity contribution in [3.63, 3.8) is 0 Å². The number of phenols is 1. The normalized spacial score (nSPS) is 20.3. The summed E-state index contributed by atoms with van der Waals surface area (Å²) in [6.45, 7) is 5.75. The van der Waals surface area contributed by atoms with Gasteiger partial charge >= 0.3 is 0 Å². The fraction of sp³-hybridized carbons (Fsp3) is 0.400. The number of nitrogens with zero attached hydrogens (tertiary/aromatic N) is 2. The van der Waals surface area contributed by atoms with E-state index in [4.69, 9.17) is 10.5 Å². The van der Waals surface area contributed by atoms with Gasteiger partial charge in [0.05, 0.1) is 23.1 Å². The zero-order valence-electron chi connectivity index (χ0n) is 27.3. The molecule has 13 heteroatoms. The van der Waals surface area contributed by atoms with Crippen molar-refractivity contribution in [1.82, 2.24) is 20.9 Å². The Morgan fingerprint density at radius 2 is 1.83 bits per heavy atom. The molecule has 254 valence electrons. The number of nitrogens with two attached hydrogens (primary N) is 1. The number of Topliss-reactive ketones (excluding diaryl/α,β-unsaturated/α-hetero) is 1. The van der Waals surface area contributed by atoms with E-state index in [2.05, 4.69) is 31.2 Å². The van der Waals surface area contributed by atoms with Crippen molar-refractivity contribution in [2.24, 2.45) is 11.7 Å². The van der Waals surface area contributed by atoms with Crippen LogP contribution in [0.1, 0.15) is 51.7 Å². The maximum absolute atomic E-state index is 13.4. The Hall–Kier alpha value is -5.17. The molecule has 2 aliphatic rings. The topological polar surface area (TPSA) is 188 Å². The van der Waals surface area contributed by atoms with Gasteiger partial charge in [-0.2, -0.15) is 0 Å². The molecule has 3 amide bonds. The number of aromatic hydroxyl groups is 1. The lowest BCUT2D eigenvalue weighted by Gasteiger charge is -2.33. The minimum absolute atomic E-state index is 0.0132. The molecule has 2 aromatic carbocycles. The highest BCUT2D eigenvalue weighted by atomic mass is 16.5. The van der Waals surface area contributed by atoms with Gasteiger partial charge in [0.1, 0.15) is 30.0 Å². The zero-order valence-corrected chi connectivity index (χ0v) is 27.3. The molecule has 1 unspecified atom stereocenters. The number of aromatic nitrogens is 1. The van der Waals surface area contributed by atoms with Crippen molar-refractivity contribution >= 4 is 35.0 Å². The van der Waals surface area contributed by atoms with Crippen LogP contribution in [0.2, 0.25) is 0 Å². The number of pyridine rings is 1. The lowest BCUT2D eigenvalue weighted by Crippen LogP contribution is -2.52. The molecule has 0 aliphatic carbocycles. The number of phenolic OH excluding ortho intramolecular Hbond substituents is 1. The zero-order chi connectivity index (χ0) is 34.2. The Bertz CT molecular complexity index is 1650. The number of anilines is 2. The van der Waals surface area contributed by atoms with E-state index >= 15 is 0 Å². The highest BCUT2D eigenvalue weighted by Crippen LogP contribution is 2.29. The second-order valence-electron chi connectivity index (χ2n) is 12.1. The Labute approximate surface area is 279 Å². The van der Waals surface area contributed by atoms with Gasteiger partial charge in [0, 0.05) is 44.0 Å². The lowest BCUT2D eigenvalue weighted by molar-refractivity contribution is -0.129. The monoisotopic (exact) mass is 657 g/mol. The molecule has 48 heavy (non-hydrogen) atoms. The number of fused-ring (bicyclic) bond motifs is 2. The fourth-order valence-electron chi connectivity index (χ4n) is 5.90. The number of hydrogen-bond donors (Lipinski definition) is 6. The van der Waals surface area contributed by atoms with Crippen molar-refractivity contribution in [1.29, 1.82) is 0 Å². The molecular formula is C35H43N7O6. The van der Waals surface area contributed by atoms with Gasteiger partial charge < -0.3 is 41.7 Å². The Morgan fingerprint density at radius 3 is 2.58 bits per heavy atom. The van der Waals surface area contributed by atoms with Gasteiger partial charge in [-0.25, -0.2) is 4.98 Å². The summed E-state index contributed by atoms with van der Waals surface area (Å²) < 4.78 is 6.19. The van der Waals surface area contributed by atoms with Crippen molar-refractivity contribution < 1.29 is 29.0 Å². The van der Waals surface area contributed by atoms with Gasteiger partial charge in [-0.1, -0.05) is 12.1 Å². The van der Waals surface area contributed by atoms with Crippen LogP contribution in [0.3, 0.4) is 0 Å². The molecule has 3 atom stereocenters. The van der Waals surface area contributed by atoms with Crippen LogP contribution in [0.5, 0.6) is 11.5 Å². The Balaban J connectivity index is 1.36. The molecule has 0 radical (unpaired) electrons. The van der Waals surface area contributed by atoms with E-state index in [0.29, 0.717) is 48.9 Å². The van der Waals surface area contributed by atoms with E-state index in [1.54, 1.807) is 42.5 Å². The number of ketones is 1. The third-order valence-corrected chi connectivity index (χ3v) is 8.50. The van der Waals surface area contributed by atoms with Crippen LogP contribution < -0.4 is 36.6 Å². The minimum atomic E-state index is -0.848. The van der Waals surface area contributed by atoms with Crippen LogP contribution in [0.25, 0.3) is 0 Å². The van der Waals surface area contributed by atoms with Gasteiger partial charge in [0.25, 0.3) is 5.91 Å². The van der Waals surface area contributed by atoms with Crippen LogP contribution in [-0.4, -0.2) is 85.0 Å². The van der Waals surface area contributed by atoms with Crippen LogP contribution in [0.4, 0.5) is 11.5 Å². The summed E-state index contributed by atoms with van der Waals surface area (Å²) in [4.78, 5) is 59.5. The number of benzene rings is 2. The molecule has 0 bridgehead atoms. The first-order valence-corrected chi connectivity index (χ1v) is 16.3. The summed E-state index contributed by atoms with van der Waals surface area (Å²) in [6.07, 6.45) is 0.555. The van der Waals surface area contributed by atoms with E-state index < -0.39 is 29.8 Å². The number of carbonyl (C=O) groups is 4. The first-order valence-electron chi connectivity index (χ1n) is 16.3. The molecule has 0 fully saturated rings. The number of ether oxygens (including phenoxy) is 1. The summed E-state index contributed by atoms with van der Waals surface area (Å²) >= 11 is 0. The smallest absolute Gasteiger partial charge is 0.255 e. The second-order valence-corrected chi connectivity index (χ2v) is 12.1. The predicted molar refractivity (Wildman–Crippen MR) is 181 cm³/mol. The lowest BCUT2D eigenvalue weighted by atomic mass is 9.92. The summed E-state index contributed by atoms with van der Waals surface area (Å²) in [5.74, 6) is -0.409. The van der Waals surface area contributed by atoms with Crippen LogP contribution in [0.15, 0.2) is 54.6 Å². The minimum Gasteiger partial charge on any atom is -0.508 e. The Kier molecular flexibility index (Phi) is 11.1. The number of nitrogens with one attached hydrogen (secondary N) is 4. The van der Waals surface area contributed by atoms with Crippen molar-refractivity contribution in [2.75, 3.05) is 49.5 Å². The number of rotatable bonds is 8. The first-order chi connectivity index (χ1) is 23.1. The third-order valence-electron chi connectivity index (χ3n) is 8.50. The van der Waals surface area contributed by atoms with Gasteiger partial charge in [-0.15, -0.1) is 0 Å². The largest absolute Gasteiger partial charge is 0.508 e. The van der Waals surface area contributed by atoms with Crippen LogP contribution in [0, 0.1) is 12.8 Å². The number of carbonyl (C=O) groups excluding carboxylic acids is 4. The number of amides is 3. The summed E-state index contributed by atoms with van der Waals surface area (Å²) in [7, 11) is 0. The average Bonchev–Trinajstić information content (AvgIpc) is 3.07. The van der Waals surface area contributed by atoms with Crippen molar-refractivity contribution in [2.45, 2.75) is 45.2 Å². The molecule has 3 heterocycles. The van der Waals surface area contributed by atoms with E-state index in [-0.39, 0.29) is 55.6 Å². The summed E-state index contributed by atoms with van der Waals surface area (Å²) in [6, 6.07) is 14.0. The van der Waals surface area contributed by atoms with Gasteiger partial charge in [-0.05, 0) is 81.3 Å². The van der Waals surface area contributed by atoms with E-state index in [0.717, 1.165) is 11.3 Å². The standard InChI is InChI=1S/C35H43N7O6/c1-3-42-19-23(32(45)27-10-4-21(2)39-33(27)42)18-38-24-7-11-30-28(17-24)34(46)37-15-13-31(44)41-29(12-14-36)35(47)40-25(20-48-30)16-22-5-8-26(43)9-6-22/h4-11,17,23,25,29,38,43H,3,12-16,18-20,36H2,1-2H3,(H,37,46)(H,40,47)(H,41,44)/t23?,25-,29+/m1/s1. The van der Waals surface area contributed by atoms with E-state index in [1.807, 2.05) is 26.0 Å². The maximum atomic E-state index is 13.4. The SMILES string of the molecule is CCN1CC(CNc2ccc3c(c2)C(=O)NCCC(=O)N[C@@H](CCN)C(=O)N[C@H](Cc2ccc(O)cc2)CO3)C(=O)c2ccc(C)nc21. The molecule has 2 aliphatic heterocycles. The van der Waals surface area contributed by atoms with Crippen LogP contribution >= 0.6 is 0 Å². The van der Waals surface area contributed by atoms with Gasteiger partial charge in [-0.3, -0.25) is 19.2 Å². The van der Waals surface area contributed by atoms with Gasteiger partial charge in [0.15, 0.2) is 5.78 Å². The molecule has 0 saturated carbocycles. The molecule has 13 nitrogen and oxygen atoms in total. The molecule has 3 aromatic rings. The number of aryl methyl sites for hydroxylation is 1. The molecule has 1 aromatic heterocycles. The third kappa shape index (κ3) is 8.40. The highest BCUT2D eigenvalue weighted by Gasteiger charge is 2.32. The van der Waals surface area contributed by atoms with E-state index in [9.17, 15) is 24.3 Å². The van der Waals surface area contributed by atoms with Crippen LogP contribution in [-0.2, 0) is 16.0 Å². The van der Waals surface area contributed by atoms with E-state index in [1.165, 1.54) is 0 Å². The quantitative estimate of drug-likeness (QED) is 0.209. The summed E-state index contributed by atoms with van der Waals surface area (Å²) in [5.41, 5.74) is 8.88. The molecule has 0 saturated heterocycles. The van der Waals surface area contributed by atoms with Crippen molar-refractivity contribution in [3.8, 4) is 11.5 Å². The first kappa shape index (κ1) is 34.2. The summed E-state index contributed by atoms with van der Waals surface area (Å²) in [5, 5.41) is 21.5.